The van der Waals surface area contributed by atoms with Gasteiger partial charge in [-0.15, -0.1) is 0 Å². The van der Waals surface area contributed by atoms with Gasteiger partial charge in [-0.2, -0.15) is 4.73 Å². The first-order valence-electron chi connectivity index (χ1n) is 11.6. The van der Waals surface area contributed by atoms with Gasteiger partial charge in [0.1, 0.15) is 12.9 Å². The minimum atomic E-state index is 0.0842. The van der Waals surface area contributed by atoms with Crippen LogP contribution >= 0.6 is 0 Å². The fourth-order valence-electron chi connectivity index (χ4n) is 4.89. The van der Waals surface area contributed by atoms with Crippen molar-refractivity contribution in [3.05, 3.63) is 59.2 Å². The number of carbonyl (C=O) groups excluding carboxylic acids is 1. The molecule has 2 aliphatic rings. The van der Waals surface area contributed by atoms with E-state index in [9.17, 15) is 10.0 Å². The Bertz CT molecular complexity index is 982. The molecule has 4 rings (SSSR count). The maximum absolute atomic E-state index is 13.2. The van der Waals surface area contributed by atoms with Crippen molar-refractivity contribution in [2.45, 2.75) is 32.2 Å². The van der Waals surface area contributed by atoms with Crippen LogP contribution < -0.4 is 10.5 Å². The lowest BCUT2D eigenvalue weighted by atomic mass is 9.87. The van der Waals surface area contributed by atoms with E-state index in [0.717, 1.165) is 66.9 Å². The Labute approximate surface area is 194 Å². The Morgan fingerprint density at radius 3 is 2.61 bits per heavy atom. The molecule has 0 unspecified atom stereocenters. The van der Waals surface area contributed by atoms with Crippen LogP contribution in [-0.4, -0.2) is 59.7 Å². The number of hydrogen-bond acceptors (Lipinski definition) is 7. The SMILES string of the molecule is CON=C(c1ccc[n+]([O-])c1)C1CCN(C(=O)C2CCN(Cc3ccnc(N)c3)CC2)CC1. The summed E-state index contributed by atoms with van der Waals surface area (Å²) in [7, 11) is 1.52. The Kier molecular flexibility index (Phi) is 7.39. The summed E-state index contributed by atoms with van der Waals surface area (Å²) in [5.41, 5.74) is 8.48. The molecule has 0 spiro atoms. The third kappa shape index (κ3) is 5.78. The fraction of sp³-hybridized carbons (Fsp3) is 0.500. The highest BCUT2D eigenvalue weighted by atomic mass is 16.6. The molecule has 33 heavy (non-hydrogen) atoms. The smallest absolute Gasteiger partial charge is 0.225 e. The van der Waals surface area contributed by atoms with Crippen molar-refractivity contribution in [1.82, 2.24) is 14.8 Å². The molecule has 176 valence electrons. The highest BCUT2D eigenvalue weighted by Crippen LogP contribution is 2.27. The summed E-state index contributed by atoms with van der Waals surface area (Å²) in [4.78, 5) is 26.6. The maximum atomic E-state index is 13.2. The standard InChI is InChI=1S/C24H32N6O3/c1-33-27-23(21-3-2-10-30(32)17-21)19-7-13-29(14-8-19)24(31)20-5-11-28(12-6-20)16-18-4-9-26-22(25)15-18/h2-4,9-10,15,17,19-20H,5-8,11-14,16H2,1H3,(H2,25,26). The number of rotatable bonds is 6. The second kappa shape index (κ2) is 10.6. The number of amides is 1. The zero-order valence-electron chi connectivity index (χ0n) is 19.1. The van der Waals surface area contributed by atoms with E-state index in [1.165, 1.54) is 19.5 Å². The molecule has 2 aromatic heterocycles. The molecule has 9 nitrogen and oxygen atoms in total. The molecule has 1 amide bonds. The van der Waals surface area contributed by atoms with E-state index >= 15 is 0 Å². The maximum Gasteiger partial charge on any atom is 0.225 e. The minimum Gasteiger partial charge on any atom is -0.619 e. The molecule has 4 heterocycles. The number of nitrogen functional groups attached to an aromatic ring is 1. The van der Waals surface area contributed by atoms with E-state index in [0.29, 0.717) is 18.9 Å². The Morgan fingerprint density at radius 1 is 1.21 bits per heavy atom. The van der Waals surface area contributed by atoms with Crippen LogP contribution in [0.25, 0.3) is 0 Å². The number of hydrogen-bond donors (Lipinski definition) is 1. The average molecular weight is 453 g/mol. The lowest BCUT2D eigenvalue weighted by Gasteiger charge is -2.37. The molecule has 2 aromatic rings. The summed E-state index contributed by atoms with van der Waals surface area (Å²) in [5.74, 6) is 1.05. The summed E-state index contributed by atoms with van der Waals surface area (Å²) in [5, 5.41) is 15.9. The Hall–Kier alpha value is -3.20. The van der Waals surface area contributed by atoms with E-state index in [1.807, 2.05) is 23.1 Å². The highest BCUT2D eigenvalue weighted by Gasteiger charge is 2.33. The second-order valence-corrected chi connectivity index (χ2v) is 8.85. The van der Waals surface area contributed by atoms with Crippen molar-refractivity contribution < 1.29 is 14.4 Å². The van der Waals surface area contributed by atoms with Crippen molar-refractivity contribution in [3.63, 3.8) is 0 Å². The van der Waals surface area contributed by atoms with Crippen LogP contribution in [0.3, 0.4) is 0 Å². The van der Waals surface area contributed by atoms with Crippen LogP contribution in [0, 0.1) is 17.0 Å². The van der Waals surface area contributed by atoms with E-state index in [4.69, 9.17) is 10.6 Å². The molecule has 0 aromatic carbocycles. The summed E-state index contributed by atoms with van der Waals surface area (Å²) in [6.07, 6.45) is 8.08. The van der Waals surface area contributed by atoms with Gasteiger partial charge in [0.2, 0.25) is 5.91 Å². The van der Waals surface area contributed by atoms with E-state index < -0.39 is 0 Å². The van der Waals surface area contributed by atoms with Gasteiger partial charge in [-0.25, -0.2) is 4.98 Å². The molecule has 2 N–H and O–H groups in total. The number of nitrogens with zero attached hydrogens (tertiary/aromatic N) is 5. The molecule has 0 bridgehead atoms. The van der Waals surface area contributed by atoms with Gasteiger partial charge >= 0.3 is 0 Å². The van der Waals surface area contributed by atoms with E-state index in [-0.39, 0.29) is 17.7 Å². The third-order valence-electron chi connectivity index (χ3n) is 6.64. The van der Waals surface area contributed by atoms with Crippen LogP contribution in [0.1, 0.15) is 36.8 Å². The number of pyridine rings is 2. The first kappa shape index (κ1) is 23.0. The molecule has 2 saturated heterocycles. The predicted octanol–water partition coefficient (Wildman–Crippen LogP) is 1.80. The third-order valence-corrected chi connectivity index (χ3v) is 6.64. The van der Waals surface area contributed by atoms with Gasteiger partial charge in [-0.05, 0) is 62.5 Å². The summed E-state index contributed by atoms with van der Waals surface area (Å²) in [6, 6.07) is 7.49. The van der Waals surface area contributed by atoms with Crippen LogP contribution in [0.4, 0.5) is 5.82 Å². The zero-order chi connectivity index (χ0) is 23.2. The van der Waals surface area contributed by atoms with Gasteiger partial charge < -0.3 is 20.7 Å². The fourth-order valence-corrected chi connectivity index (χ4v) is 4.89. The molecule has 0 aliphatic carbocycles. The molecular formula is C24H32N6O3. The van der Waals surface area contributed by atoms with Gasteiger partial charge in [0, 0.05) is 43.7 Å². The molecule has 2 fully saturated rings. The van der Waals surface area contributed by atoms with E-state index in [1.54, 1.807) is 12.3 Å². The lowest BCUT2D eigenvalue weighted by Crippen LogP contribution is -2.46. The van der Waals surface area contributed by atoms with Crippen LogP contribution in [0.15, 0.2) is 48.0 Å². The van der Waals surface area contributed by atoms with Gasteiger partial charge in [-0.1, -0.05) is 5.16 Å². The van der Waals surface area contributed by atoms with Crippen molar-refractivity contribution in [2.24, 2.45) is 17.0 Å². The molecule has 9 heteroatoms. The van der Waals surface area contributed by atoms with Crippen molar-refractivity contribution >= 4 is 17.4 Å². The lowest BCUT2D eigenvalue weighted by molar-refractivity contribution is -0.605. The summed E-state index contributed by atoms with van der Waals surface area (Å²) < 4.78 is 0.773. The largest absolute Gasteiger partial charge is 0.619 e. The average Bonchev–Trinajstić information content (AvgIpc) is 2.83. The van der Waals surface area contributed by atoms with Gasteiger partial charge in [0.25, 0.3) is 0 Å². The molecule has 0 radical (unpaired) electrons. The molecule has 2 aliphatic heterocycles. The number of carbonyl (C=O) groups is 1. The number of likely N-dealkylation sites (tertiary alicyclic amines) is 2. The van der Waals surface area contributed by atoms with Crippen LogP contribution in [-0.2, 0) is 16.2 Å². The highest BCUT2D eigenvalue weighted by molar-refractivity contribution is 6.01. The number of nitrogens with two attached hydrogens (primary N) is 1. The number of oxime groups is 1. The van der Waals surface area contributed by atoms with Gasteiger partial charge in [-0.3, -0.25) is 9.69 Å². The molecule has 0 atom stereocenters. The monoisotopic (exact) mass is 452 g/mol. The molecule has 0 saturated carbocycles. The first-order chi connectivity index (χ1) is 16.0. The van der Waals surface area contributed by atoms with Gasteiger partial charge in [0.05, 0.1) is 11.3 Å². The Morgan fingerprint density at radius 2 is 1.94 bits per heavy atom. The number of aromatic nitrogens is 2. The van der Waals surface area contributed by atoms with E-state index in [2.05, 4.69) is 15.0 Å². The zero-order valence-corrected chi connectivity index (χ0v) is 19.1. The second-order valence-electron chi connectivity index (χ2n) is 8.85. The summed E-state index contributed by atoms with van der Waals surface area (Å²) in [6.45, 7) is 4.05. The minimum absolute atomic E-state index is 0.0842. The summed E-state index contributed by atoms with van der Waals surface area (Å²) >= 11 is 0. The van der Waals surface area contributed by atoms with Crippen LogP contribution in [0.5, 0.6) is 0 Å². The predicted molar refractivity (Wildman–Crippen MR) is 125 cm³/mol. The van der Waals surface area contributed by atoms with Gasteiger partial charge in [0.15, 0.2) is 12.4 Å². The number of piperidine rings is 2. The van der Waals surface area contributed by atoms with Crippen molar-refractivity contribution in [3.8, 4) is 0 Å². The van der Waals surface area contributed by atoms with Crippen molar-refractivity contribution in [1.29, 1.82) is 0 Å². The quantitative estimate of drug-likeness (QED) is 0.310. The number of anilines is 1. The topological polar surface area (TPSA) is 111 Å². The molecular weight excluding hydrogens is 420 g/mol. The van der Waals surface area contributed by atoms with Crippen molar-refractivity contribution in [2.75, 3.05) is 39.0 Å². The Balaban J connectivity index is 1.28. The normalized spacial score (nSPS) is 18.9. The van der Waals surface area contributed by atoms with Crippen LogP contribution in [0.2, 0.25) is 0 Å². The first-order valence-corrected chi connectivity index (χ1v) is 11.6.